The van der Waals surface area contributed by atoms with Crippen LogP contribution in [0.1, 0.15) is 41.1 Å². The number of hydrogen-bond donors (Lipinski definition) is 0. The molecule has 1 fully saturated rings. The topological polar surface area (TPSA) is 42.0 Å². The zero-order valence-corrected chi connectivity index (χ0v) is 18.2. The van der Waals surface area contributed by atoms with Crippen LogP contribution in [-0.2, 0) is 11.3 Å². The van der Waals surface area contributed by atoms with E-state index in [1.54, 1.807) is 14.2 Å². The Hall–Kier alpha value is -2.53. The van der Waals surface area contributed by atoms with E-state index < -0.39 is 0 Å². The first kappa shape index (κ1) is 21.2. The molecule has 1 aliphatic heterocycles. The zero-order chi connectivity index (χ0) is 21.0. The van der Waals surface area contributed by atoms with Gasteiger partial charge in [0.05, 0.1) is 20.8 Å². The molecular weight excluding hydrogens is 364 g/mol. The van der Waals surface area contributed by atoms with Crippen LogP contribution in [0.25, 0.3) is 0 Å². The molecule has 1 heterocycles. The van der Waals surface area contributed by atoms with Crippen LogP contribution in [0, 0.1) is 13.8 Å². The van der Waals surface area contributed by atoms with Crippen LogP contribution in [-0.4, -0.2) is 50.1 Å². The van der Waals surface area contributed by atoms with Gasteiger partial charge in [0.2, 0.25) is 5.91 Å². The highest BCUT2D eigenvalue weighted by molar-refractivity contribution is 5.78. The lowest BCUT2D eigenvalue weighted by molar-refractivity contribution is -0.131. The van der Waals surface area contributed by atoms with Crippen LogP contribution in [0.2, 0.25) is 0 Å². The number of aryl methyl sites for hydroxylation is 2. The van der Waals surface area contributed by atoms with Crippen molar-refractivity contribution in [3.05, 3.63) is 58.7 Å². The van der Waals surface area contributed by atoms with E-state index in [0.29, 0.717) is 13.1 Å². The molecular formula is C24H32N2O3. The van der Waals surface area contributed by atoms with E-state index in [4.69, 9.17) is 9.47 Å². The summed E-state index contributed by atoms with van der Waals surface area (Å²) in [5, 5.41) is 0. The standard InChI is InChI=1S/C24H32N2O3/c1-17-8-9-19(18(2)13-17)15-25(3)24(27)16-26-12-6-7-22(26)21-14-20(28-4)10-11-23(21)29-5/h8-11,13-14,22H,6-7,12,15-16H2,1-5H3/t22-/m1/s1. The number of nitrogens with zero attached hydrogens (tertiary/aromatic N) is 2. The van der Waals surface area contributed by atoms with E-state index in [1.807, 2.05) is 30.1 Å². The maximum atomic E-state index is 13.0. The molecule has 0 N–H and O–H groups in total. The molecule has 1 amide bonds. The number of hydrogen-bond acceptors (Lipinski definition) is 4. The molecule has 29 heavy (non-hydrogen) atoms. The molecule has 1 aliphatic rings. The summed E-state index contributed by atoms with van der Waals surface area (Å²) >= 11 is 0. The highest BCUT2D eigenvalue weighted by Crippen LogP contribution is 2.38. The van der Waals surface area contributed by atoms with Crippen LogP contribution in [0.3, 0.4) is 0 Å². The Morgan fingerprint density at radius 3 is 2.62 bits per heavy atom. The summed E-state index contributed by atoms with van der Waals surface area (Å²) in [6, 6.07) is 12.4. The van der Waals surface area contributed by atoms with Crippen molar-refractivity contribution in [3.63, 3.8) is 0 Å². The number of benzene rings is 2. The average Bonchev–Trinajstić information content (AvgIpc) is 3.17. The van der Waals surface area contributed by atoms with Crippen LogP contribution < -0.4 is 9.47 Å². The average molecular weight is 397 g/mol. The fourth-order valence-electron chi connectivity index (χ4n) is 4.13. The van der Waals surface area contributed by atoms with Crippen LogP contribution in [0.5, 0.6) is 11.5 Å². The number of rotatable bonds is 7. The summed E-state index contributed by atoms with van der Waals surface area (Å²) < 4.78 is 11.0. The number of amides is 1. The van der Waals surface area contributed by atoms with Gasteiger partial charge in [-0.3, -0.25) is 9.69 Å². The second-order valence-corrected chi connectivity index (χ2v) is 7.92. The van der Waals surface area contributed by atoms with Gasteiger partial charge in [-0.1, -0.05) is 23.8 Å². The van der Waals surface area contributed by atoms with Gasteiger partial charge in [-0.25, -0.2) is 0 Å². The summed E-state index contributed by atoms with van der Waals surface area (Å²) in [6.45, 7) is 6.14. The largest absolute Gasteiger partial charge is 0.497 e. The third-order valence-electron chi connectivity index (χ3n) is 5.83. The number of carbonyl (C=O) groups excluding carboxylic acids is 1. The number of methoxy groups -OCH3 is 2. The molecule has 5 nitrogen and oxygen atoms in total. The Bertz CT molecular complexity index is 865. The van der Waals surface area contributed by atoms with Crippen LogP contribution in [0.15, 0.2) is 36.4 Å². The summed E-state index contributed by atoms with van der Waals surface area (Å²) in [6.07, 6.45) is 2.08. The second kappa shape index (κ2) is 9.31. The number of likely N-dealkylation sites (N-methyl/N-ethyl adjacent to an activating group) is 1. The van der Waals surface area contributed by atoms with E-state index in [2.05, 4.69) is 36.9 Å². The molecule has 0 unspecified atom stereocenters. The van der Waals surface area contributed by atoms with E-state index in [9.17, 15) is 4.79 Å². The molecule has 0 aliphatic carbocycles. The van der Waals surface area contributed by atoms with Gasteiger partial charge in [-0.05, 0) is 62.6 Å². The van der Waals surface area contributed by atoms with Gasteiger partial charge < -0.3 is 14.4 Å². The third-order valence-corrected chi connectivity index (χ3v) is 5.83. The molecule has 0 aromatic heterocycles. The lowest BCUT2D eigenvalue weighted by Gasteiger charge is -2.28. The predicted molar refractivity (Wildman–Crippen MR) is 115 cm³/mol. The Morgan fingerprint density at radius 1 is 1.14 bits per heavy atom. The summed E-state index contributed by atoms with van der Waals surface area (Å²) in [7, 11) is 5.25. The van der Waals surface area contributed by atoms with Crippen molar-refractivity contribution >= 4 is 5.91 Å². The molecule has 5 heteroatoms. The Labute approximate surface area is 174 Å². The highest BCUT2D eigenvalue weighted by Gasteiger charge is 2.30. The second-order valence-electron chi connectivity index (χ2n) is 7.92. The van der Waals surface area contributed by atoms with E-state index in [0.717, 1.165) is 36.4 Å². The van der Waals surface area contributed by atoms with E-state index >= 15 is 0 Å². The van der Waals surface area contributed by atoms with E-state index in [-0.39, 0.29) is 11.9 Å². The lowest BCUT2D eigenvalue weighted by atomic mass is 10.0. The van der Waals surface area contributed by atoms with E-state index in [1.165, 1.54) is 16.7 Å². The molecule has 2 aromatic carbocycles. The predicted octanol–water partition coefficient (Wildman–Crippen LogP) is 4.12. The number of carbonyl (C=O) groups is 1. The first-order valence-corrected chi connectivity index (χ1v) is 10.2. The van der Waals surface area contributed by atoms with Crippen LogP contribution in [0.4, 0.5) is 0 Å². The Kier molecular flexibility index (Phi) is 6.80. The van der Waals surface area contributed by atoms with Gasteiger partial charge >= 0.3 is 0 Å². The van der Waals surface area contributed by atoms with Gasteiger partial charge in [0.1, 0.15) is 11.5 Å². The molecule has 2 aromatic rings. The molecule has 1 atom stereocenters. The van der Waals surface area contributed by atoms with Crippen molar-refractivity contribution in [2.45, 2.75) is 39.3 Å². The van der Waals surface area contributed by atoms with Crippen molar-refractivity contribution < 1.29 is 14.3 Å². The zero-order valence-electron chi connectivity index (χ0n) is 18.2. The molecule has 156 valence electrons. The van der Waals surface area contributed by atoms with Gasteiger partial charge in [-0.2, -0.15) is 0 Å². The maximum Gasteiger partial charge on any atom is 0.236 e. The molecule has 3 rings (SSSR count). The SMILES string of the molecule is COc1ccc(OC)c([C@H]2CCCN2CC(=O)N(C)Cc2ccc(C)cc2C)c1. The summed E-state index contributed by atoms with van der Waals surface area (Å²) in [5.74, 6) is 1.79. The minimum atomic E-state index is 0.138. The fraction of sp³-hybridized carbons (Fsp3) is 0.458. The van der Waals surface area contributed by atoms with Gasteiger partial charge in [0.25, 0.3) is 0 Å². The minimum absolute atomic E-state index is 0.138. The third kappa shape index (κ3) is 4.91. The minimum Gasteiger partial charge on any atom is -0.497 e. The molecule has 1 saturated heterocycles. The monoisotopic (exact) mass is 396 g/mol. The Balaban J connectivity index is 1.71. The van der Waals surface area contributed by atoms with Gasteiger partial charge in [-0.15, -0.1) is 0 Å². The normalized spacial score (nSPS) is 16.7. The van der Waals surface area contributed by atoms with Crippen molar-refractivity contribution in [1.29, 1.82) is 0 Å². The van der Waals surface area contributed by atoms with Gasteiger partial charge in [0.15, 0.2) is 0 Å². The summed E-state index contributed by atoms with van der Waals surface area (Å²) in [5.41, 5.74) is 4.75. The maximum absolute atomic E-state index is 13.0. The smallest absolute Gasteiger partial charge is 0.236 e. The molecule has 0 saturated carbocycles. The number of likely N-dealkylation sites (tertiary alicyclic amines) is 1. The van der Waals surface area contributed by atoms with Crippen LogP contribution >= 0.6 is 0 Å². The van der Waals surface area contributed by atoms with Crippen molar-refractivity contribution in [2.75, 3.05) is 34.4 Å². The Morgan fingerprint density at radius 2 is 1.93 bits per heavy atom. The lowest BCUT2D eigenvalue weighted by Crippen LogP contribution is -2.38. The first-order chi connectivity index (χ1) is 13.9. The van der Waals surface area contributed by atoms with Gasteiger partial charge in [0, 0.05) is 25.2 Å². The van der Waals surface area contributed by atoms with Crippen molar-refractivity contribution in [3.8, 4) is 11.5 Å². The van der Waals surface area contributed by atoms with Crippen molar-refractivity contribution in [2.24, 2.45) is 0 Å². The molecule has 0 radical (unpaired) electrons. The van der Waals surface area contributed by atoms with Crippen molar-refractivity contribution in [1.82, 2.24) is 9.80 Å². The summed E-state index contributed by atoms with van der Waals surface area (Å²) in [4.78, 5) is 17.1. The quantitative estimate of drug-likeness (QED) is 0.706. The molecule has 0 spiro atoms. The first-order valence-electron chi connectivity index (χ1n) is 10.2. The number of ether oxygens (including phenoxy) is 2. The fourth-order valence-corrected chi connectivity index (χ4v) is 4.13. The highest BCUT2D eigenvalue weighted by atomic mass is 16.5. The molecule has 0 bridgehead atoms.